The summed E-state index contributed by atoms with van der Waals surface area (Å²) in [5, 5.41) is 1.64. The van der Waals surface area contributed by atoms with E-state index in [1.165, 1.54) is 7.11 Å². The van der Waals surface area contributed by atoms with E-state index in [9.17, 15) is 13.2 Å². The molecule has 0 aliphatic rings. The molecule has 3 rings (SSSR count). The minimum absolute atomic E-state index is 0.134. The van der Waals surface area contributed by atoms with Crippen molar-refractivity contribution in [3.8, 4) is 11.1 Å². The number of esters is 1. The maximum atomic E-state index is 13.3. The van der Waals surface area contributed by atoms with Crippen LogP contribution in [-0.2, 0) is 20.2 Å². The highest BCUT2D eigenvalue weighted by molar-refractivity contribution is 7.92. The van der Waals surface area contributed by atoms with Crippen LogP contribution >= 0.6 is 11.3 Å². The van der Waals surface area contributed by atoms with Crippen molar-refractivity contribution < 1.29 is 17.9 Å². The highest BCUT2D eigenvalue weighted by atomic mass is 32.2. The van der Waals surface area contributed by atoms with E-state index in [4.69, 9.17) is 4.74 Å². The van der Waals surface area contributed by atoms with E-state index in [0.717, 1.165) is 22.5 Å². The number of sulfonamides is 1. The van der Waals surface area contributed by atoms with E-state index in [0.29, 0.717) is 5.56 Å². The molecular formula is C22H23NO4S2. The molecule has 0 unspecified atom stereocenters. The standard InChI is InChI=1S/C22H23NO4S2/c1-22(2,3)16-10-11-19(17(14-16)15-8-6-5-7-9-15)29(25,26)23-18-12-13-28-20(18)21(24)27-4/h5-14,23H,1-4H3. The molecule has 2 aromatic carbocycles. The minimum atomic E-state index is -3.94. The second kappa shape index (κ2) is 8.00. The van der Waals surface area contributed by atoms with Crippen LogP contribution in [0.25, 0.3) is 11.1 Å². The molecule has 0 saturated carbocycles. The fourth-order valence-electron chi connectivity index (χ4n) is 2.91. The maximum absolute atomic E-state index is 13.3. The van der Waals surface area contributed by atoms with Crippen LogP contribution in [0.15, 0.2) is 64.9 Å². The Kier molecular flexibility index (Phi) is 5.82. The molecule has 0 aliphatic carbocycles. The number of ether oxygens (including phenoxy) is 1. The van der Waals surface area contributed by atoms with Crippen LogP contribution in [0, 0.1) is 0 Å². The third kappa shape index (κ3) is 4.52. The van der Waals surface area contributed by atoms with Gasteiger partial charge in [-0.05, 0) is 40.1 Å². The molecule has 0 aliphatic heterocycles. The van der Waals surface area contributed by atoms with Gasteiger partial charge in [-0.15, -0.1) is 11.3 Å². The average molecular weight is 430 g/mol. The van der Waals surface area contributed by atoms with Crippen molar-refractivity contribution in [3.63, 3.8) is 0 Å². The molecule has 29 heavy (non-hydrogen) atoms. The third-order valence-corrected chi connectivity index (χ3v) is 6.82. The third-order valence-electron chi connectivity index (χ3n) is 4.50. The van der Waals surface area contributed by atoms with E-state index >= 15 is 0 Å². The largest absolute Gasteiger partial charge is 0.465 e. The molecular weight excluding hydrogens is 406 g/mol. The lowest BCUT2D eigenvalue weighted by Gasteiger charge is -2.22. The Morgan fingerprint density at radius 3 is 2.34 bits per heavy atom. The van der Waals surface area contributed by atoms with Crippen molar-refractivity contribution in [2.75, 3.05) is 11.8 Å². The fraction of sp³-hybridized carbons (Fsp3) is 0.227. The number of hydrogen-bond donors (Lipinski definition) is 1. The van der Waals surface area contributed by atoms with Crippen molar-refractivity contribution in [2.45, 2.75) is 31.1 Å². The number of rotatable bonds is 5. The molecule has 7 heteroatoms. The minimum Gasteiger partial charge on any atom is -0.465 e. The summed E-state index contributed by atoms with van der Waals surface area (Å²) in [6.07, 6.45) is 0. The molecule has 0 saturated heterocycles. The predicted octanol–water partition coefficient (Wildman–Crippen LogP) is 5.30. The van der Waals surface area contributed by atoms with Crippen molar-refractivity contribution in [2.24, 2.45) is 0 Å². The highest BCUT2D eigenvalue weighted by Gasteiger charge is 2.25. The first-order valence-electron chi connectivity index (χ1n) is 9.02. The molecule has 0 amide bonds. The van der Waals surface area contributed by atoms with Crippen LogP contribution in [0.5, 0.6) is 0 Å². The molecule has 0 radical (unpaired) electrons. The summed E-state index contributed by atoms with van der Waals surface area (Å²) in [5.74, 6) is -0.580. The lowest BCUT2D eigenvalue weighted by molar-refractivity contribution is 0.0607. The van der Waals surface area contributed by atoms with Gasteiger partial charge >= 0.3 is 5.97 Å². The van der Waals surface area contributed by atoms with Crippen molar-refractivity contribution in [1.82, 2.24) is 0 Å². The molecule has 1 heterocycles. The van der Waals surface area contributed by atoms with Crippen molar-refractivity contribution in [3.05, 3.63) is 70.4 Å². The van der Waals surface area contributed by atoms with Crippen molar-refractivity contribution >= 4 is 33.0 Å². The van der Waals surface area contributed by atoms with Gasteiger partial charge in [0, 0.05) is 5.56 Å². The lowest BCUT2D eigenvalue weighted by atomic mass is 9.85. The van der Waals surface area contributed by atoms with Gasteiger partial charge in [0.25, 0.3) is 10.0 Å². The molecule has 5 nitrogen and oxygen atoms in total. The summed E-state index contributed by atoms with van der Waals surface area (Å²) >= 11 is 1.12. The van der Waals surface area contributed by atoms with Crippen LogP contribution in [0.1, 0.15) is 36.0 Å². The smallest absolute Gasteiger partial charge is 0.350 e. The number of methoxy groups -OCH3 is 1. The molecule has 1 N–H and O–H groups in total. The van der Waals surface area contributed by atoms with Gasteiger partial charge in [0.1, 0.15) is 4.88 Å². The summed E-state index contributed by atoms with van der Waals surface area (Å²) in [6, 6.07) is 16.3. The normalized spacial score (nSPS) is 11.9. The van der Waals surface area contributed by atoms with Gasteiger partial charge in [-0.2, -0.15) is 0 Å². The van der Waals surface area contributed by atoms with Gasteiger partial charge in [-0.1, -0.05) is 57.2 Å². The quantitative estimate of drug-likeness (QED) is 0.559. The molecule has 0 fully saturated rings. The van der Waals surface area contributed by atoms with Crippen LogP contribution < -0.4 is 4.72 Å². The summed E-state index contributed by atoms with van der Waals surface area (Å²) in [4.78, 5) is 12.3. The van der Waals surface area contributed by atoms with E-state index in [1.54, 1.807) is 17.5 Å². The Morgan fingerprint density at radius 1 is 1.03 bits per heavy atom. The van der Waals surface area contributed by atoms with Crippen LogP contribution in [0.4, 0.5) is 5.69 Å². The number of carbonyl (C=O) groups is 1. The molecule has 152 valence electrons. The zero-order chi connectivity index (χ0) is 21.2. The SMILES string of the molecule is COC(=O)c1sccc1NS(=O)(=O)c1ccc(C(C)(C)C)cc1-c1ccccc1. The monoisotopic (exact) mass is 429 g/mol. The first-order valence-corrected chi connectivity index (χ1v) is 11.4. The topological polar surface area (TPSA) is 72.5 Å². The van der Waals surface area contributed by atoms with E-state index < -0.39 is 16.0 Å². The number of carbonyl (C=O) groups excluding carboxylic acids is 1. The Hall–Kier alpha value is -2.64. The second-order valence-electron chi connectivity index (χ2n) is 7.59. The average Bonchev–Trinajstić information content (AvgIpc) is 3.14. The van der Waals surface area contributed by atoms with E-state index in [2.05, 4.69) is 25.5 Å². The first-order chi connectivity index (χ1) is 13.6. The number of nitrogens with one attached hydrogen (secondary N) is 1. The number of thiophene rings is 1. The number of benzene rings is 2. The summed E-state index contributed by atoms with van der Waals surface area (Å²) in [7, 11) is -2.68. The van der Waals surface area contributed by atoms with Crippen LogP contribution in [0.2, 0.25) is 0 Å². The van der Waals surface area contributed by atoms with Gasteiger partial charge in [-0.25, -0.2) is 13.2 Å². The Morgan fingerprint density at radius 2 is 1.72 bits per heavy atom. The molecule has 1 aromatic heterocycles. The predicted molar refractivity (Wildman–Crippen MR) is 117 cm³/mol. The van der Waals surface area contributed by atoms with E-state index in [-0.39, 0.29) is 20.9 Å². The number of hydrogen-bond acceptors (Lipinski definition) is 5. The maximum Gasteiger partial charge on any atom is 0.350 e. The number of anilines is 1. The van der Waals surface area contributed by atoms with Gasteiger partial charge in [0.15, 0.2) is 0 Å². The fourth-order valence-corrected chi connectivity index (χ4v) is 5.03. The van der Waals surface area contributed by atoms with Gasteiger partial charge in [0.05, 0.1) is 17.7 Å². The van der Waals surface area contributed by atoms with Crippen LogP contribution in [-0.4, -0.2) is 21.5 Å². The van der Waals surface area contributed by atoms with Gasteiger partial charge < -0.3 is 4.74 Å². The molecule has 0 bridgehead atoms. The van der Waals surface area contributed by atoms with Crippen molar-refractivity contribution in [1.29, 1.82) is 0 Å². The Labute approximate surface area is 175 Å². The summed E-state index contributed by atoms with van der Waals surface area (Å²) in [5.41, 5.74) is 2.52. The highest BCUT2D eigenvalue weighted by Crippen LogP contribution is 2.34. The van der Waals surface area contributed by atoms with Gasteiger partial charge in [-0.3, -0.25) is 4.72 Å². The Bertz CT molecular complexity index is 1130. The van der Waals surface area contributed by atoms with E-state index in [1.807, 2.05) is 42.5 Å². The molecule has 3 aromatic rings. The second-order valence-corrected chi connectivity index (χ2v) is 10.2. The Balaban J connectivity index is 2.12. The summed E-state index contributed by atoms with van der Waals surface area (Å²) in [6.45, 7) is 6.24. The zero-order valence-corrected chi connectivity index (χ0v) is 18.4. The zero-order valence-electron chi connectivity index (χ0n) is 16.7. The molecule has 0 atom stereocenters. The van der Waals surface area contributed by atoms with Crippen LogP contribution in [0.3, 0.4) is 0 Å². The summed E-state index contributed by atoms with van der Waals surface area (Å²) < 4.78 is 33.8. The lowest BCUT2D eigenvalue weighted by Crippen LogP contribution is -2.17. The first kappa shape index (κ1) is 21.1. The molecule has 0 spiro atoms. The van der Waals surface area contributed by atoms with Gasteiger partial charge in [0.2, 0.25) is 0 Å².